The monoisotopic (exact) mass is 225 g/mol. The molecule has 3 heteroatoms. The molecule has 0 spiro atoms. The lowest BCUT2D eigenvalue weighted by atomic mass is 9.86. The third kappa shape index (κ3) is 2.97. The van der Waals surface area contributed by atoms with E-state index < -0.39 is 0 Å². The van der Waals surface area contributed by atoms with Crippen LogP contribution in [0.1, 0.15) is 52.9 Å². The largest absolute Gasteiger partial charge is 0.273 e. The van der Waals surface area contributed by atoms with Crippen LogP contribution in [0.15, 0.2) is 0 Å². The second-order valence-corrected chi connectivity index (χ2v) is 6.38. The maximum absolute atomic E-state index is 11.7. The number of hydrogen-bond donors (Lipinski definition) is 1. The van der Waals surface area contributed by atoms with Gasteiger partial charge in [0, 0.05) is 6.42 Å². The Morgan fingerprint density at radius 1 is 1.31 bits per heavy atom. The second kappa shape index (κ2) is 4.36. The van der Waals surface area contributed by atoms with E-state index in [1.807, 2.05) is 20.8 Å². The number of carbonyl (C=O) groups is 1. The Hall–Kier alpha value is -0.570. The summed E-state index contributed by atoms with van der Waals surface area (Å²) in [7, 11) is 0. The van der Waals surface area contributed by atoms with Gasteiger partial charge in [0.05, 0.1) is 5.60 Å². The molecule has 0 aromatic carbocycles. The Labute approximate surface area is 97.9 Å². The van der Waals surface area contributed by atoms with Gasteiger partial charge in [-0.05, 0) is 57.8 Å². The van der Waals surface area contributed by atoms with E-state index in [4.69, 9.17) is 4.84 Å². The first kappa shape index (κ1) is 11.9. The lowest BCUT2D eigenvalue weighted by molar-refractivity contribution is -0.146. The van der Waals surface area contributed by atoms with Crippen molar-refractivity contribution in [2.45, 2.75) is 58.5 Å². The molecule has 2 bridgehead atoms. The minimum atomic E-state index is -0.301. The van der Waals surface area contributed by atoms with Crippen LogP contribution in [0.3, 0.4) is 0 Å². The summed E-state index contributed by atoms with van der Waals surface area (Å²) in [5.74, 6) is 2.38. The van der Waals surface area contributed by atoms with E-state index in [2.05, 4.69) is 5.48 Å². The van der Waals surface area contributed by atoms with Gasteiger partial charge < -0.3 is 0 Å². The summed E-state index contributed by atoms with van der Waals surface area (Å²) in [5, 5.41) is 0. The third-order valence-electron chi connectivity index (χ3n) is 3.80. The van der Waals surface area contributed by atoms with E-state index in [9.17, 15) is 4.79 Å². The summed E-state index contributed by atoms with van der Waals surface area (Å²) in [6, 6.07) is 0. The molecule has 3 nitrogen and oxygen atoms in total. The smallest absolute Gasteiger partial charge is 0.243 e. The van der Waals surface area contributed by atoms with Crippen LogP contribution in [-0.2, 0) is 9.63 Å². The Bertz CT molecular complexity index is 270. The van der Waals surface area contributed by atoms with Crippen molar-refractivity contribution in [3.05, 3.63) is 0 Å². The van der Waals surface area contributed by atoms with Gasteiger partial charge in [-0.25, -0.2) is 5.48 Å². The minimum absolute atomic E-state index is 0.0486. The lowest BCUT2D eigenvalue weighted by Crippen LogP contribution is -2.34. The topological polar surface area (TPSA) is 38.3 Å². The first-order chi connectivity index (χ1) is 7.44. The van der Waals surface area contributed by atoms with Crippen molar-refractivity contribution in [1.29, 1.82) is 0 Å². The van der Waals surface area contributed by atoms with E-state index in [-0.39, 0.29) is 11.5 Å². The predicted molar refractivity (Wildman–Crippen MR) is 62.5 cm³/mol. The minimum Gasteiger partial charge on any atom is -0.273 e. The fourth-order valence-electron chi connectivity index (χ4n) is 3.12. The van der Waals surface area contributed by atoms with Gasteiger partial charge in [0.1, 0.15) is 0 Å². The van der Waals surface area contributed by atoms with E-state index >= 15 is 0 Å². The Morgan fingerprint density at radius 2 is 2.06 bits per heavy atom. The average molecular weight is 225 g/mol. The summed E-state index contributed by atoms with van der Waals surface area (Å²) < 4.78 is 0. The van der Waals surface area contributed by atoms with Crippen molar-refractivity contribution >= 4 is 5.91 Å². The molecular formula is C13H23NO2. The van der Waals surface area contributed by atoms with Gasteiger partial charge in [-0.15, -0.1) is 0 Å². The number of carbonyl (C=O) groups excluding carboxylic acids is 1. The zero-order chi connectivity index (χ0) is 11.8. The maximum Gasteiger partial charge on any atom is 0.243 e. The highest BCUT2D eigenvalue weighted by molar-refractivity contribution is 5.75. The molecule has 2 aliphatic rings. The van der Waals surface area contributed by atoms with Crippen molar-refractivity contribution in [1.82, 2.24) is 5.48 Å². The number of hydrogen-bond acceptors (Lipinski definition) is 2. The van der Waals surface area contributed by atoms with E-state index in [1.54, 1.807) is 0 Å². The fourth-order valence-corrected chi connectivity index (χ4v) is 3.12. The number of nitrogens with one attached hydrogen (secondary N) is 1. The fraction of sp³-hybridized carbons (Fsp3) is 0.923. The molecule has 2 fully saturated rings. The maximum atomic E-state index is 11.7. The van der Waals surface area contributed by atoms with Gasteiger partial charge in [0.15, 0.2) is 0 Å². The molecule has 2 aliphatic carbocycles. The van der Waals surface area contributed by atoms with Gasteiger partial charge in [0.2, 0.25) is 5.91 Å². The summed E-state index contributed by atoms with van der Waals surface area (Å²) in [6.07, 6.45) is 5.99. The molecule has 0 saturated heterocycles. The van der Waals surface area contributed by atoms with Crippen LogP contribution in [0.2, 0.25) is 0 Å². The van der Waals surface area contributed by atoms with Crippen molar-refractivity contribution in [2.75, 3.05) is 0 Å². The second-order valence-electron chi connectivity index (χ2n) is 6.38. The quantitative estimate of drug-likeness (QED) is 0.750. The molecule has 0 aromatic rings. The molecule has 1 amide bonds. The summed E-state index contributed by atoms with van der Waals surface area (Å²) in [6.45, 7) is 5.81. The van der Waals surface area contributed by atoms with Crippen molar-refractivity contribution in [2.24, 2.45) is 17.8 Å². The van der Waals surface area contributed by atoms with Crippen LogP contribution in [0.4, 0.5) is 0 Å². The molecule has 0 aromatic heterocycles. The standard InChI is InChI=1S/C13H23NO2/c1-13(2,3)16-14-12(15)8-11-7-9-4-5-10(11)6-9/h9-11H,4-8H2,1-3H3,(H,14,15). The molecule has 0 aliphatic heterocycles. The van der Waals surface area contributed by atoms with Gasteiger partial charge in [-0.2, -0.15) is 0 Å². The SMILES string of the molecule is CC(C)(C)ONC(=O)CC1CC2CCC1C2. The molecule has 0 radical (unpaired) electrons. The van der Waals surface area contributed by atoms with Crippen LogP contribution in [0.5, 0.6) is 0 Å². The van der Waals surface area contributed by atoms with Gasteiger partial charge in [-0.3, -0.25) is 9.63 Å². The van der Waals surface area contributed by atoms with Crippen molar-refractivity contribution < 1.29 is 9.63 Å². The molecule has 0 heterocycles. The summed E-state index contributed by atoms with van der Waals surface area (Å²) in [4.78, 5) is 17.0. The normalized spacial score (nSPS) is 33.1. The molecular weight excluding hydrogens is 202 g/mol. The Morgan fingerprint density at radius 3 is 2.56 bits per heavy atom. The van der Waals surface area contributed by atoms with Crippen molar-refractivity contribution in [3.8, 4) is 0 Å². The van der Waals surface area contributed by atoms with Crippen LogP contribution in [-0.4, -0.2) is 11.5 Å². The molecule has 2 saturated carbocycles. The summed E-state index contributed by atoms with van der Waals surface area (Å²) >= 11 is 0. The molecule has 1 N–H and O–H groups in total. The molecule has 3 atom stereocenters. The first-order valence-corrected chi connectivity index (χ1v) is 6.41. The average Bonchev–Trinajstić information content (AvgIpc) is 2.75. The van der Waals surface area contributed by atoms with Crippen molar-refractivity contribution in [3.63, 3.8) is 0 Å². The van der Waals surface area contributed by atoms with Crippen LogP contribution in [0, 0.1) is 17.8 Å². The molecule has 3 unspecified atom stereocenters. The Balaban J connectivity index is 1.72. The van der Waals surface area contributed by atoms with E-state index in [1.165, 1.54) is 25.7 Å². The highest BCUT2D eigenvalue weighted by atomic mass is 16.7. The molecule has 2 rings (SSSR count). The van der Waals surface area contributed by atoms with E-state index in [0.29, 0.717) is 12.3 Å². The molecule has 92 valence electrons. The number of fused-ring (bicyclic) bond motifs is 2. The van der Waals surface area contributed by atoms with Gasteiger partial charge in [0.25, 0.3) is 0 Å². The van der Waals surface area contributed by atoms with Gasteiger partial charge >= 0.3 is 0 Å². The van der Waals surface area contributed by atoms with Crippen LogP contribution < -0.4 is 5.48 Å². The number of hydroxylamine groups is 1. The summed E-state index contributed by atoms with van der Waals surface area (Å²) in [5.41, 5.74) is 2.27. The number of amides is 1. The third-order valence-corrected chi connectivity index (χ3v) is 3.80. The van der Waals surface area contributed by atoms with E-state index in [0.717, 1.165) is 11.8 Å². The lowest BCUT2D eigenvalue weighted by Gasteiger charge is -2.23. The highest BCUT2D eigenvalue weighted by Gasteiger charge is 2.40. The first-order valence-electron chi connectivity index (χ1n) is 6.41. The van der Waals surface area contributed by atoms with Crippen LogP contribution >= 0.6 is 0 Å². The van der Waals surface area contributed by atoms with Gasteiger partial charge in [-0.1, -0.05) is 6.42 Å². The molecule has 16 heavy (non-hydrogen) atoms. The number of rotatable bonds is 3. The van der Waals surface area contributed by atoms with Crippen LogP contribution in [0.25, 0.3) is 0 Å². The predicted octanol–water partition coefficient (Wildman–Crippen LogP) is 2.66. The Kier molecular flexibility index (Phi) is 3.24. The highest BCUT2D eigenvalue weighted by Crippen LogP contribution is 2.49. The zero-order valence-electron chi connectivity index (χ0n) is 10.6. The zero-order valence-corrected chi connectivity index (χ0v) is 10.6.